The first-order valence-corrected chi connectivity index (χ1v) is 7.00. The molecule has 2 heterocycles. The second-order valence-corrected chi connectivity index (χ2v) is 5.01. The van der Waals surface area contributed by atoms with Gasteiger partial charge in [-0.3, -0.25) is 0 Å². The average molecular weight is 283 g/mol. The topological polar surface area (TPSA) is 55.3 Å². The van der Waals surface area contributed by atoms with Crippen molar-refractivity contribution in [1.82, 2.24) is 9.97 Å². The van der Waals surface area contributed by atoms with Crippen LogP contribution in [0, 0.1) is 0 Å². The molecule has 0 fully saturated rings. The number of methoxy groups -OCH3 is 1. The van der Waals surface area contributed by atoms with Crippen molar-refractivity contribution in [1.29, 1.82) is 0 Å². The van der Waals surface area contributed by atoms with Crippen molar-refractivity contribution in [2.24, 2.45) is 0 Å². The number of hydrogen-bond donors (Lipinski definition) is 0. The molecule has 0 bridgehead atoms. The van der Waals surface area contributed by atoms with Gasteiger partial charge in [-0.05, 0) is 24.0 Å². The third kappa shape index (κ3) is 2.86. The summed E-state index contributed by atoms with van der Waals surface area (Å²) < 4.78 is 4.63. The van der Waals surface area contributed by atoms with Gasteiger partial charge >= 0.3 is 5.97 Å². The quantitative estimate of drug-likeness (QED) is 0.788. The van der Waals surface area contributed by atoms with Crippen LogP contribution in [0.5, 0.6) is 0 Å². The maximum Gasteiger partial charge on any atom is 0.358 e. The fourth-order valence-electron chi connectivity index (χ4n) is 2.59. The summed E-state index contributed by atoms with van der Waals surface area (Å²) in [4.78, 5) is 22.0. The van der Waals surface area contributed by atoms with E-state index in [2.05, 4.69) is 43.9 Å². The number of ether oxygens (including phenoxy) is 1. The number of hydrogen-bond acceptors (Lipinski definition) is 5. The van der Waals surface area contributed by atoms with E-state index in [9.17, 15) is 4.79 Å². The van der Waals surface area contributed by atoms with Crippen LogP contribution in [-0.2, 0) is 17.6 Å². The van der Waals surface area contributed by atoms with Crippen molar-refractivity contribution in [3.8, 4) is 0 Å². The van der Waals surface area contributed by atoms with Gasteiger partial charge < -0.3 is 9.64 Å². The largest absolute Gasteiger partial charge is 0.464 e. The van der Waals surface area contributed by atoms with Gasteiger partial charge in [-0.1, -0.05) is 24.3 Å². The number of rotatable bonds is 2. The molecule has 2 aromatic rings. The third-order valence-corrected chi connectivity index (χ3v) is 3.78. The first-order chi connectivity index (χ1) is 10.3. The van der Waals surface area contributed by atoms with E-state index in [1.54, 1.807) is 6.20 Å². The van der Waals surface area contributed by atoms with Crippen LogP contribution in [0.4, 0.5) is 5.82 Å². The Balaban J connectivity index is 1.75. The summed E-state index contributed by atoms with van der Waals surface area (Å²) in [7, 11) is 1.34. The zero-order chi connectivity index (χ0) is 14.7. The van der Waals surface area contributed by atoms with Crippen molar-refractivity contribution in [3.05, 3.63) is 53.5 Å². The molecular formula is C16H17N3O2. The van der Waals surface area contributed by atoms with Crippen molar-refractivity contribution >= 4 is 11.8 Å². The Morgan fingerprint density at radius 3 is 2.29 bits per heavy atom. The van der Waals surface area contributed by atoms with Crippen molar-refractivity contribution < 1.29 is 9.53 Å². The smallest absolute Gasteiger partial charge is 0.358 e. The highest BCUT2D eigenvalue weighted by Crippen LogP contribution is 2.19. The van der Waals surface area contributed by atoms with Crippen molar-refractivity contribution in [2.75, 3.05) is 25.1 Å². The minimum atomic E-state index is -0.461. The second-order valence-electron chi connectivity index (χ2n) is 5.01. The molecule has 1 aromatic heterocycles. The van der Waals surface area contributed by atoms with Gasteiger partial charge in [0.2, 0.25) is 0 Å². The van der Waals surface area contributed by atoms with Crippen LogP contribution in [0.3, 0.4) is 0 Å². The Hall–Kier alpha value is -2.43. The molecule has 0 spiro atoms. The molecule has 3 rings (SSSR count). The van der Waals surface area contributed by atoms with Crippen LogP contribution >= 0.6 is 0 Å². The van der Waals surface area contributed by atoms with E-state index in [-0.39, 0.29) is 5.69 Å². The summed E-state index contributed by atoms with van der Waals surface area (Å²) in [5.41, 5.74) is 3.04. The normalized spacial score (nSPS) is 14.2. The van der Waals surface area contributed by atoms with Crippen LogP contribution in [0.1, 0.15) is 21.6 Å². The Kier molecular flexibility index (Phi) is 3.81. The van der Waals surface area contributed by atoms with Crippen LogP contribution < -0.4 is 4.90 Å². The molecule has 21 heavy (non-hydrogen) atoms. The minimum absolute atomic E-state index is 0.236. The van der Waals surface area contributed by atoms with Gasteiger partial charge in [0.25, 0.3) is 0 Å². The van der Waals surface area contributed by atoms with Gasteiger partial charge in [0, 0.05) is 13.1 Å². The molecule has 0 amide bonds. The van der Waals surface area contributed by atoms with E-state index < -0.39 is 5.97 Å². The van der Waals surface area contributed by atoms with Crippen molar-refractivity contribution in [2.45, 2.75) is 12.8 Å². The molecule has 0 aliphatic carbocycles. The highest BCUT2D eigenvalue weighted by molar-refractivity contribution is 5.86. The van der Waals surface area contributed by atoms with Crippen LogP contribution in [0.25, 0.3) is 0 Å². The van der Waals surface area contributed by atoms with E-state index in [1.807, 2.05) is 0 Å². The number of nitrogens with zero attached hydrogens (tertiary/aromatic N) is 3. The van der Waals surface area contributed by atoms with Crippen LogP contribution in [0.15, 0.2) is 36.7 Å². The van der Waals surface area contributed by atoms with Gasteiger partial charge in [0.1, 0.15) is 5.82 Å². The van der Waals surface area contributed by atoms with Crippen LogP contribution in [-0.4, -0.2) is 36.1 Å². The van der Waals surface area contributed by atoms with Crippen LogP contribution in [0.2, 0.25) is 0 Å². The molecule has 0 atom stereocenters. The summed E-state index contributed by atoms with van der Waals surface area (Å²) in [6.07, 6.45) is 5.11. The predicted molar refractivity (Wildman–Crippen MR) is 79.4 cm³/mol. The molecule has 5 nitrogen and oxygen atoms in total. The molecule has 0 unspecified atom stereocenters. The molecule has 0 radical (unpaired) electrons. The van der Waals surface area contributed by atoms with E-state index in [0.29, 0.717) is 0 Å². The lowest BCUT2D eigenvalue weighted by Gasteiger charge is -2.20. The molecule has 0 saturated heterocycles. The molecule has 1 aliphatic rings. The zero-order valence-corrected chi connectivity index (χ0v) is 12.0. The molecule has 0 saturated carbocycles. The van der Waals surface area contributed by atoms with Gasteiger partial charge in [0.05, 0.1) is 19.5 Å². The maximum atomic E-state index is 11.4. The molecular weight excluding hydrogens is 266 g/mol. The lowest BCUT2D eigenvalue weighted by Crippen LogP contribution is -2.27. The second kappa shape index (κ2) is 5.91. The summed E-state index contributed by atoms with van der Waals surface area (Å²) in [6, 6.07) is 8.54. The predicted octanol–water partition coefficient (Wildman–Crippen LogP) is 1.87. The highest BCUT2D eigenvalue weighted by atomic mass is 16.5. The van der Waals surface area contributed by atoms with E-state index >= 15 is 0 Å². The highest BCUT2D eigenvalue weighted by Gasteiger charge is 2.16. The van der Waals surface area contributed by atoms with Gasteiger partial charge in [-0.15, -0.1) is 0 Å². The number of aromatic nitrogens is 2. The zero-order valence-electron chi connectivity index (χ0n) is 12.0. The Labute approximate surface area is 123 Å². The minimum Gasteiger partial charge on any atom is -0.464 e. The van der Waals surface area contributed by atoms with Gasteiger partial charge in [-0.25, -0.2) is 14.8 Å². The van der Waals surface area contributed by atoms with Crippen molar-refractivity contribution in [3.63, 3.8) is 0 Å². The lowest BCUT2D eigenvalue weighted by atomic mass is 10.0. The summed E-state index contributed by atoms with van der Waals surface area (Å²) >= 11 is 0. The average Bonchev–Trinajstić information content (AvgIpc) is 2.77. The number of benzene rings is 1. The first-order valence-electron chi connectivity index (χ1n) is 7.00. The summed E-state index contributed by atoms with van der Waals surface area (Å²) in [5.74, 6) is 0.341. The number of fused-ring (bicyclic) bond motifs is 1. The SMILES string of the molecule is COC(=O)c1cnc(N2CCc3ccccc3CC2)cn1. The summed E-state index contributed by atoms with van der Waals surface area (Å²) in [6.45, 7) is 1.81. The molecule has 0 N–H and O–H groups in total. The monoisotopic (exact) mass is 283 g/mol. The fraction of sp³-hybridized carbons (Fsp3) is 0.312. The fourth-order valence-corrected chi connectivity index (χ4v) is 2.59. The molecule has 1 aliphatic heterocycles. The van der Waals surface area contributed by atoms with E-state index in [4.69, 9.17) is 0 Å². The number of esters is 1. The Morgan fingerprint density at radius 1 is 1.10 bits per heavy atom. The van der Waals surface area contributed by atoms with E-state index in [0.717, 1.165) is 31.7 Å². The molecule has 5 heteroatoms. The van der Waals surface area contributed by atoms with Gasteiger partial charge in [-0.2, -0.15) is 0 Å². The van der Waals surface area contributed by atoms with Gasteiger partial charge in [0.15, 0.2) is 5.69 Å². The lowest BCUT2D eigenvalue weighted by molar-refractivity contribution is 0.0593. The maximum absolute atomic E-state index is 11.4. The Bertz CT molecular complexity index is 613. The number of carbonyl (C=O) groups is 1. The van der Waals surface area contributed by atoms with E-state index in [1.165, 1.54) is 24.4 Å². The number of carbonyl (C=O) groups excluding carboxylic acids is 1. The third-order valence-electron chi connectivity index (χ3n) is 3.78. The Morgan fingerprint density at radius 2 is 1.76 bits per heavy atom. The standard InChI is InChI=1S/C16H17N3O2/c1-21-16(20)14-10-18-15(11-17-14)19-8-6-12-4-2-3-5-13(12)7-9-19/h2-5,10-11H,6-9H2,1H3. The number of anilines is 1. The molecule has 108 valence electrons. The molecule has 1 aromatic carbocycles. The first kappa shape index (κ1) is 13.5. The summed E-state index contributed by atoms with van der Waals surface area (Å²) in [5, 5.41) is 0.